The Kier molecular flexibility index (Phi) is 3.99. The molecule has 7 heteroatoms. The molecule has 0 aliphatic carbocycles. The maximum absolute atomic E-state index is 11.3. The van der Waals surface area contributed by atoms with E-state index in [1.807, 2.05) is 0 Å². The van der Waals surface area contributed by atoms with E-state index >= 15 is 0 Å². The molecule has 2 rings (SSSR count). The third kappa shape index (κ3) is 3.23. The standard InChI is InChI=1S/C12H13N3O4/c13-10-11(17)14-7-15-12(10)19-9-3-1-8(2-4-9)18-6-5-16/h1-4,7,16H,5-6,13H2,(H,14,15,17). The highest BCUT2D eigenvalue weighted by Crippen LogP contribution is 2.24. The zero-order valence-electron chi connectivity index (χ0n) is 10.00. The van der Waals surface area contributed by atoms with Gasteiger partial charge in [-0.05, 0) is 24.3 Å². The molecule has 0 radical (unpaired) electrons. The second-order valence-corrected chi connectivity index (χ2v) is 3.60. The smallest absolute Gasteiger partial charge is 0.277 e. The van der Waals surface area contributed by atoms with Crippen LogP contribution in [0.1, 0.15) is 0 Å². The zero-order valence-corrected chi connectivity index (χ0v) is 10.00. The predicted octanol–water partition coefficient (Wildman–Crippen LogP) is 0.515. The van der Waals surface area contributed by atoms with Gasteiger partial charge in [-0.25, -0.2) is 4.98 Å². The van der Waals surface area contributed by atoms with E-state index in [9.17, 15) is 4.79 Å². The lowest BCUT2D eigenvalue weighted by Crippen LogP contribution is -2.13. The van der Waals surface area contributed by atoms with E-state index in [-0.39, 0.29) is 24.8 Å². The van der Waals surface area contributed by atoms with Gasteiger partial charge in [0.05, 0.1) is 12.9 Å². The number of aliphatic hydroxyl groups is 1. The van der Waals surface area contributed by atoms with E-state index in [2.05, 4.69) is 9.97 Å². The van der Waals surface area contributed by atoms with Crippen LogP contribution in [-0.2, 0) is 0 Å². The second-order valence-electron chi connectivity index (χ2n) is 3.60. The predicted molar refractivity (Wildman–Crippen MR) is 68.4 cm³/mol. The van der Waals surface area contributed by atoms with E-state index < -0.39 is 5.56 Å². The lowest BCUT2D eigenvalue weighted by Gasteiger charge is -2.07. The van der Waals surface area contributed by atoms with Crippen LogP contribution in [-0.4, -0.2) is 28.3 Å². The molecule has 2 aromatic rings. The van der Waals surface area contributed by atoms with Crippen LogP contribution in [0.15, 0.2) is 35.4 Å². The largest absolute Gasteiger partial charge is 0.491 e. The molecule has 0 fully saturated rings. The first-order valence-corrected chi connectivity index (χ1v) is 5.55. The summed E-state index contributed by atoms with van der Waals surface area (Å²) in [7, 11) is 0. The average molecular weight is 263 g/mol. The number of H-pyrrole nitrogens is 1. The maximum atomic E-state index is 11.3. The number of nitrogens with one attached hydrogen (secondary N) is 1. The SMILES string of the molecule is Nc1c(Oc2ccc(OCCO)cc2)nc[nH]c1=O. The van der Waals surface area contributed by atoms with Gasteiger partial charge in [0.15, 0.2) is 5.69 Å². The summed E-state index contributed by atoms with van der Waals surface area (Å²) in [5.41, 5.74) is 5.01. The summed E-state index contributed by atoms with van der Waals surface area (Å²) in [6.45, 7) is 0.175. The van der Waals surface area contributed by atoms with Gasteiger partial charge >= 0.3 is 0 Å². The zero-order chi connectivity index (χ0) is 13.7. The van der Waals surface area contributed by atoms with Gasteiger partial charge in [0.1, 0.15) is 18.1 Å². The van der Waals surface area contributed by atoms with Crippen LogP contribution in [0.2, 0.25) is 0 Å². The Labute approximate surface area is 108 Å². The Morgan fingerprint density at radius 3 is 2.63 bits per heavy atom. The third-order valence-corrected chi connectivity index (χ3v) is 2.25. The molecule has 0 bridgehead atoms. The van der Waals surface area contributed by atoms with Gasteiger partial charge in [0.25, 0.3) is 5.56 Å². The minimum Gasteiger partial charge on any atom is -0.491 e. The van der Waals surface area contributed by atoms with Crippen molar-refractivity contribution in [2.45, 2.75) is 0 Å². The van der Waals surface area contributed by atoms with Crippen LogP contribution in [0.25, 0.3) is 0 Å². The number of nitrogens with zero attached hydrogens (tertiary/aromatic N) is 1. The van der Waals surface area contributed by atoms with Crippen LogP contribution in [0, 0.1) is 0 Å². The van der Waals surface area contributed by atoms with Crippen LogP contribution < -0.4 is 20.8 Å². The summed E-state index contributed by atoms with van der Waals surface area (Å²) >= 11 is 0. The van der Waals surface area contributed by atoms with Crippen LogP contribution in [0.5, 0.6) is 17.4 Å². The Hall–Kier alpha value is -2.54. The number of anilines is 1. The average Bonchev–Trinajstić information content (AvgIpc) is 2.43. The molecule has 7 nitrogen and oxygen atoms in total. The van der Waals surface area contributed by atoms with Crippen molar-refractivity contribution in [1.29, 1.82) is 0 Å². The highest BCUT2D eigenvalue weighted by Gasteiger charge is 2.07. The minimum atomic E-state index is -0.451. The molecule has 1 aromatic heterocycles. The third-order valence-electron chi connectivity index (χ3n) is 2.25. The van der Waals surface area contributed by atoms with Crippen molar-refractivity contribution in [3.8, 4) is 17.4 Å². The van der Waals surface area contributed by atoms with E-state index in [1.165, 1.54) is 6.33 Å². The van der Waals surface area contributed by atoms with Crippen LogP contribution >= 0.6 is 0 Å². The fourth-order valence-electron chi connectivity index (χ4n) is 1.35. The quantitative estimate of drug-likeness (QED) is 0.725. The summed E-state index contributed by atoms with van der Waals surface area (Å²) in [6.07, 6.45) is 1.22. The van der Waals surface area contributed by atoms with Gasteiger partial charge < -0.3 is 25.3 Å². The Balaban J connectivity index is 2.11. The monoisotopic (exact) mass is 263 g/mol. The second kappa shape index (κ2) is 5.87. The molecular weight excluding hydrogens is 250 g/mol. The fourth-order valence-corrected chi connectivity index (χ4v) is 1.35. The van der Waals surface area contributed by atoms with Gasteiger partial charge in [0, 0.05) is 0 Å². The van der Waals surface area contributed by atoms with E-state index in [0.717, 1.165) is 0 Å². The topological polar surface area (TPSA) is 110 Å². The molecule has 0 saturated carbocycles. The Morgan fingerprint density at radius 2 is 1.95 bits per heavy atom. The van der Waals surface area contributed by atoms with E-state index in [1.54, 1.807) is 24.3 Å². The molecule has 1 aromatic carbocycles. The molecule has 0 atom stereocenters. The number of aromatic nitrogens is 2. The summed E-state index contributed by atoms with van der Waals surface area (Å²) in [5, 5.41) is 8.63. The van der Waals surface area contributed by atoms with Crippen molar-refractivity contribution >= 4 is 5.69 Å². The molecule has 100 valence electrons. The van der Waals surface area contributed by atoms with E-state index in [4.69, 9.17) is 20.3 Å². The van der Waals surface area contributed by atoms with Crippen molar-refractivity contribution in [1.82, 2.24) is 9.97 Å². The summed E-state index contributed by atoms with van der Waals surface area (Å²) in [6, 6.07) is 6.65. The normalized spacial score (nSPS) is 10.2. The number of hydrogen-bond acceptors (Lipinski definition) is 6. The van der Waals surface area contributed by atoms with Gasteiger partial charge in [-0.15, -0.1) is 0 Å². The first kappa shape index (κ1) is 12.9. The van der Waals surface area contributed by atoms with Crippen molar-refractivity contribution < 1.29 is 14.6 Å². The van der Waals surface area contributed by atoms with E-state index in [0.29, 0.717) is 11.5 Å². The van der Waals surface area contributed by atoms with Gasteiger partial charge in [-0.1, -0.05) is 0 Å². The number of nitrogens with two attached hydrogens (primary N) is 1. The number of nitrogen functional groups attached to an aromatic ring is 1. The fraction of sp³-hybridized carbons (Fsp3) is 0.167. The summed E-state index contributed by atoms with van der Waals surface area (Å²) < 4.78 is 10.6. The molecule has 0 aliphatic heterocycles. The number of aromatic amines is 1. The molecule has 0 aliphatic rings. The molecule has 4 N–H and O–H groups in total. The molecule has 1 heterocycles. The van der Waals surface area contributed by atoms with Crippen molar-refractivity contribution in [3.05, 3.63) is 40.9 Å². The first-order chi connectivity index (χ1) is 9.20. The molecule has 0 saturated heterocycles. The van der Waals surface area contributed by atoms with Crippen molar-refractivity contribution in [2.24, 2.45) is 0 Å². The molecule has 0 unspecified atom stereocenters. The minimum absolute atomic E-state index is 0.0489. The number of benzene rings is 1. The summed E-state index contributed by atoms with van der Waals surface area (Å²) in [5.74, 6) is 1.13. The van der Waals surface area contributed by atoms with Crippen LogP contribution in [0.3, 0.4) is 0 Å². The number of ether oxygens (including phenoxy) is 2. The van der Waals surface area contributed by atoms with Crippen LogP contribution in [0.4, 0.5) is 5.69 Å². The number of aliphatic hydroxyl groups excluding tert-OH is 1. The molecule has 0 amide bonds. The molecule has 0 spiro atoms. The van der Waals surface area contributed by atoms with Crippen molar-refractivity contribution in [2.75, 3.05) is 18.9 Å². The molecule has 19 heavy (non-hydrogen) atoms. The summed E-state index contributed by atoms with van der Waals surface area (Å²) in [4.78, 5) is 17.4. The van der Waals surface area contributed by atoms with Gasteiger partial charge in [-0.3, -0.25) is 4.79 Å². The Morgan fingerprint density at radius 1 is 1.26 bits per heavy atom. The highest BCUT2D eigenvalue weighted by atomic mass is 16.5. The first-order valence-electron chi connectivity index (χ1n) is 5.55. The van der Waals surface area contributed by atoms with Gasteiger partial charge in [0.2, 0.25) is 5.88 Å². The lowest BCUT2D eigenvalue weighted by molar-refractivity contribution is 0.201. The number of rotatable bonds is 5. The van der Waals surface area contributed by atoms with Crippen molar-refractivity contribution in [3.63, 3.8) is 0 Å². The highest BCUT2D eigenvalue weighted by molar-refractivity contribution is 5.47. The maximum Gasteiger partial charge on any atom is 0.277 e. The lowest BCUT2D eigenvalue weighted by atomic mass is 10.3. The Bertz CT molecular complexity index is 595. The number of hydrogen-bond donors (Lipinski definition) is 3. The van der Waals surface area contributed by atoms with Gasteiger partial charge in [-0.2, -0.15) is 0 Å². The molecular formula is C12H13N3O4.